The van der Waals surface area contributed by atoms with Gasteiger partial charge in [0.25, 0.3) is 0 Å². The molecule has 0 aliphatic heterocycles. The number of carbonyl (C=O) groups is 1. The van der Waals surface area contributed by atoms with E-state index in [9.17, 15) is 9.18 Å². The number of aromatic carboxylic acids is 1. The van der Waals surface area contributed by atoms with Gasteiger partial charge in [0.2, 0.25) is 0 Å². The Bertz CT molecular complexity index is 833. The topological polar surface area (TPSA) is 72.3 Å². The Morgan fingerprint density at radius 1 is 0.957 bits per heavy atom. The molecule has 1 aromatic heterocycles. The van der Waals surface area contributed by atoms with E-state index in [1.165, 1.54) is 36.5 Å². The molecule has 0 radical (unpaired) electrons. The second-order valence-electron chi connectivity index (χ2n) is 4.65. The van der Waals surface area contributed by atoms with Crippen LogP contribution < -0.4 is 4.74 Å². The van der Waals surface area contributed by atoms with E-state index < -0.39 is 5.97 Å². The minimum Gasteiger partial charge on any atom is -0.477 e. The first kappa shape index (κ1) is 14.6. The highest BCUT2D eigenvalue weighted by Gasteiger charge is 2.08. The first-order valence-corrected chi connectivity index (χ1v) is 6.72. The predicted octanol–water partition coefficient (Wildman–Crippen LogP) is 3.77. The molecule has 3 rings (SSSR count). The highest BCUT2D eigenvalue weighted by Crippen LogP contribution is 2.24. The lowest BCUT2D eigenvalue weighted by Gasteiger charge is -2.06. The van der Waals surface area contributed by atoms with Gasteiger partial charge in [0.05, 0.1) is 0 Å². The zero-order valence-electron chi connectivity index (χ0n) is 11.8. The lowest BCUT2D eigenvalue weighted by molar-refractivity contribution is 0.0690. The van der Waals surface area contributed by atoms with Gasteiger partial charge >= 0.3 is 5.97 Å². The number of hydrogen-bond acceptors (Lipinski definition) is 4. The summed E-state index contributed by atoms with van der Waals surface area (Å²) in [5.74, 6) is -0.0377. The van der Waals surface area contributed by atoms with Crippen molar-refractivity contribution in [1.29, 1.82) is 0 Å². The SMILES string of the molecule is O=C(O)c1ccnc(-c2ccc(Oc3ccc(F)cc3)cc2)n1. The van der Waals surface area contributed by atoms with E-state index in [-0.39, 0.29) is 11.5 Å². The molecule has 0 aliphatic carbocycles. The third kappa shape index (κ3) is 3.49. The van der Waals surface area contributed by atoms with Crippen molar-refractivity contribution in [3.05, 3.63) is 72.3 Å². The lowest BCUT2D eigenvalue weighted by Crippen LogP contribution is -2.02. The first-order chi connectivity index (χ1) is 11.1. The third-order valence-corrected chi connectivity index (χ3v) is 3.04. The maximum Gasteiger partial charge on any atom is 0.354 e. The number of ether oxygens (including phenoxy) is 1. The van der Waals surface area contributed by atoms with Crippen molar-refractivity contribution in [3.63, 3.8) is 0 Å². The van der Waals surface area contributed by atoms with Crippen molar-refractivity contribution in [3.8, 4) is 22.9 Å². The molecule has 1 N–H and O–H groups in total. The molecule has 114 valence electrons. The van der Waals surface area contributed by atoms with Crippen LogP contribution >= 0.6 is 0 Å². The maximum absolute atomic E-state index is 12.8. The molecule has 0 fully saturated rings. The normalized spacial score (nSPS) is 10.3. The summed E-state index contributed by atoms with van der Waals surface area (Å²) in [6, 6.07) is 13.9. The summed E-state index contributed by atoms with van der Waals surface area (Å²) in [6.07, 6.45) is 1.40. The number of hydrogen-bond donors (Lipinski definition) is 1. The standard InChI is InChI=1S/C17H11FN2O3/c18-12-3-7-14(8-4-12)23-13-5-1-11(2-6-13)16-19-10-9-15(20-16)17(21)22/h1-10H,(H,21,22). The molecule has 0 unspecified atom stereocenters. The molecule has 0 spiro atoms. The van der Waals surface area contributed by atoms with Crippen molar-refractivity contribution in [1.82, 2.24) is 9.97 Å². The number of carboxylic acids is 1. The molecule has 0 bridgehead atoms. The first-order valence-electron chi connectivity index (χ1n) is 6.72. The third-order valence-electron chi connectivity index (χ3n) is 3.04. The van der Waals surface area contributed by atoms with Gasteiger partial charge in [0.15, 0.2) is 11.5 Å². The Morgan fingerprint density at radius 2 is 1.57 bits per heavy atom. The van der Waals surface area contributed by atoms with Crippen LogP contribution in [0.2, 0.25) is 0 Å². The minimum atomic E-state index is -1.11. The highest BCUT2D eigenvalue weighted by molar-refractivity contribution is 5.85. The Labute approximate surface area is 131 Å². The van der Waals surface area contributed by atoms with Gasteiger partial charge < -0.3 is 9.84 Å². The lowest BCUT2D eigenvalue weighted by atomic mass is 10.2. The Balaban J connectivity index is 1.80. The molecular weight excluding hydrogens is 299 g/mol. The zero-order chi connectivity index (χ0) is 16.2. The van der Waals surface area contributed by atoms with Gasteiger partial charge in [-0.15, -0.1) is 0 Å². The van der Waals surface area contributed by atoms with Crippen LogP contribution in [-0.4, -0.2) is 21.0 Å². The second kappa shape index (κ2) is 6.23. The van der Waals surface area contributed by atoms with Crippen LogP contribution in [0.4, 0.5) is 4.39 Å². The van der Waals surface area contributed by atoms with E-state index in [0.717, 1.165) is 0 Å². The minimum absolute atomic E-state index is 0.0679. The maximum atomic E-state index is 12.8. The van der Waals surface area contributed by atoms with Gasteiger partial charge in [-0.25, -0.2) is 19.2 Å². The molecule has 0 aliphatic rings. The van der Waals surface area contributed by atoms with Crippen LogP contribution in [0.5, 0.6) is 11.5 Å². The monoisotopic (exact) mass is 310 g/mol. The van der Waals surface area contributed by atoms with E-state index in [4.69, 9.17) is 9.84 Å². The molecule has 1 heterocycles. The molecule has 0 amide bonds. The van der Waals surface area contributed by atoms with Crippen LogP contribution in [0, 0.1) is 5.82 Å². The summed E-state index contributed by atoms with van der Waals surface area (Å²) in [5.41, 5.74) is 0.598. The molecule has 23 heavy (non-hydrogen) atoms. The van der Waals surface area contributed by atoms with Gasteiger partial charge in [-0.1, -0.05) is 0 Å². The van der Waals surface area contributed by atoms with Crippen molar-refractivity contribution in [2.24, 2.45) is 0 Å². The summed E-state index contributed by atoms with van der Waals surface area (Å²) in [4.78, 5) is 19.0. The molecule has 0 saturated carbocycles. The zero-order valence-corrected chi connectivity index (χ0v) is 11.8. The molecule has 0 atom stereocenters. The van der Waals surface area contributed by atoms with Gasteiger partial charge in [0, 0.05) is 11.8 Å². The van der Waals surface area contributed by atoms with Crippen molar-refractivity contribution >= 4 is 5.97 Å². The molecule has 5 nitrogen and oxygen atoms in total. The average molecular weight is 310 g/mol. The van der Waals surface area contributed by atoms with Crippen molar-refractivity contribution < 1.29 is 19.0 Å². The fourth-order valence-corrected chi connectivity index (χ4v) is 1.93. The predicted molar refractivity (Wildman–Crippen MR) is 80.9 cm³/mol. The van der Waals surface area contributed by atoms with E-state index >= 15 is 0 Å². The fraction of sp³-hybridized carbons (Fsp3) is 0. The number of rotatable bonds is 4. The van der Waals surface area contributed by atoms with E-state index in [0.29, 0.717) is 22.9 Å². The molecular formula is C17H11FN2O3. The van der Waals surface area contributed by atoms with Crippen LogP contribution in [-0.2, 0) is 0 Å². The van der Waals surface area contributed by atoms with Crippen molar-refractivity contribution in [2.75, 3.05) is 0 Å². The molecule has 3 aromatic rings. The van der Waals surface area contributed by atoms with Crippen LogP contribution in [0.15, 0.2) is 60.8 Å². The van der Waals surface area contributed by atoms with Crippen molar-refractivity contribution in [2.45, 2.75) is 0 Å². The van der Waals surface area contributed by atoms with Gasteiger partial charge in [0.1, 0.15) is 17.3 Å². The van der Waals surface area contributed by atoms with E-state index in [2.05, 4.69) is 9.97 Å². The number of benzene rings is 2. The molecule has 2 aromatic carbocycles. The van der Waals surface area contributed by atoms with Gasteiger partial charge in [-0.3, -0.25) is 0 Å². The number of aromatic nitrogens is 2. The van der Waals surface area contributed by atoms with Crippen LogP contribution in [0.25, 0.3) is 11.4 Å². The van der Waals surface area contributed by atoms with E-state index in [1.807, 2.05) is 0 Å². The van der Waals surface area contributed by atoms with Crippen LogP contribution in [0.1, 0.15) is 10.5 Å². The number of halogens is 1. The second-order valence-corrected chi connectivity index (χ2v) is 4.65. The molecule has 6 heteroatoms. The number of carboxylic acid groups (broad SMARTS) is 1. The molecule has 0 saturated heterocycles. The Morgan fingerprint density at radius 3 is 2.17 bits per heavy atom. The van der Waals surface area contributed by atoms with Gasteiger partial charge in [-0.05, 0) is 54.6 Å². The Hall–Kier alpha value is -3.28. The van der Waals surface area contributed by atoms with Crippen LogP contribution in [0.3, 0.4) is 0 Å². The smallest absolute Gasteiger partial charge is 0.354 e. The quantitative estimate of drug-likeness (QED) is 0.794. The summed E-state index contributed by atoms with van der Waals surface area (Å²) < 4.78 is 18.4. The fourth-order valence-electron chi connectivity index (χ4n) is 1.93. The largest absolute Gasteiger partial charge is 0.477 e. The summed E-state index contributed by atoms with van der Waals surface area (Å²) in [6.45, 7) is 0. The van der Waals surface area contributed by atoms with Gasteiger partial charge in [-0.2, -0.15) is 0 Å². The number of nitrogens with zero attached hydrogens (tertiary/aromatic N) is 2. The average Bonchev–Trinajstić information content (AvgIpc) is 2.58. The Kier molecular flexibility index (Phi) is 3.97. The summed E-state index contributed by atoms with van der Waals surface area (Å²) in [5, 5.41) is 8.95. The summed E-state index contributed by atoms with van der Waals surface area (Å²) in [7, 11) is 0. The van der Waals surface area contributed by atoms with E-state index in [1.54, 1.807) is 24.3 Å². The highest BCUT2D eigenvalue weighted by atomic mass is 19.1. The summed E-state index contributed by atoms with van der Waals surface area (Å²) >= 11 is 0.